The predicted molar refractivity (Wildman–Crippen MR) is 78.0 cm³/mol. The van der Waals surface area contributed by atoms with Crippen LogP contribution in [0.2, 0.25) is 0 Å². The summed E-state index contributed by atoms with van der Waals surface area (Å²) in [4.78, 5) is 14.9. The molecule has 0 bridgehead atoms. The van der Waals surface area contributed by atoms with Crippen molar-refractivity contribution in [1.82, 2.24) is 10.4 Å². The standard InChI is InChI=1S/C13H21N5O/c1-8(2)10-6-11(18(5)16-7-19)17-13(15-4)12(10)9(3)14/h6-8,14H,1-5H3,(H,15,17)(H,16,19). The van der Waals surface area contributed by atoms with Crippen LogP contribution in [0.3, 0.4) is 0 Å². The number of hydrogen-bond donors (Lipinski definition) is 3. The summed E-state index contributed by atoms with van der Waals surface area (Å²) >= 11 is 0. The number of aromatic nitrogens is 1. The Kier molecular flexibility index (Phi) is 4.86. The molecule has 0 fully saturated rings. The third-order valence-corrected chi connectivity index (χ3v) is 2.86. The Morgan fingerprint density at radius 3 is 2.58 bits per heavy atom. The fourth-order valence-electron chi connectivity index (χ4n) is 1.90. The van der Waals surface area contributed by atoms with E-state index in [9.17, 15) is 4.79 Å². The average Bonchev–Trinajstić information content (AvgIpc) is 2.36. The van der Waals surface area contributed by atoms with E-state index in [4.69, 9.17) is 5.41 Å². The summed E-state index contributed by atoms with van der Waals surface area (Å²) in [7, 11) is 3.49. The zero-order valence-corrected chi connectivity index (χ0v) is 12.0. The molecule has 1 amide bonds. The fraction of sp³-hybridized carbons (Fsp3) is 0.462. The van der Waals surface area contributed by atoms with Crippen LogP contribution >= 0.6 is 0 Å². The monoisotopic (exact) mass is 263 g/mol. The van der Waals surface area contributed by atoms with E-state index in [1.807, 2.05) is 6.07 Å². The first-order valence-corrected chi connectivity index (χ1v) is 6.14. The molecule has 6 heteroatoms. The molecule has 0 aromatic carbocycles. The van der Waals surface area contributed by atoms with Gasteiger partial charge in [0.2, 0.25) is 6.41 Å². The molecule has 6 nitrogen and oxygen atoms in total. The maximum absolute atomic E-state index is 10.5. The number of nitrogens with one attached hydrogen (secondary N) is 3. The number of rotatable bonds is 6. The minimum Gasteiger partial charge on any atom is -0.373 e. The number of carbonyl (C=O) groups is 1. The molecule has 3 N–H and O–H groups in total. The van der Waals surface area contributed by atoms with E-state index in [0.29, 0.717) is 23.8 Å². The lowest BCUT2D eigenvalue weighted by Gasteiger charge is -2.22. The quantitative estimate of drug-likeness (QED) is 0.415. The third-order valence-electron chi connectivity index (χ3n) is 2.86. The Morgan fingerprint density at radius 2 is 2.16 bits per heavy atom. The summed E-state index contributed by atoms with van der Waals surface area (Å²) in [6.07, 6.45) is 0.603. The zero-order valence-electron chi connectivity index (χ0n) is 12.0. The second-order valence-corrected chi connectivity index (χ2v) is 4.63. The van der Waals surface area contributed by atoms with E-state index in [-0.39, 0.29) is 5.92 Å². The molecule has 1 aromatic rings. The Balaban J connectivity index is 3.44. The smallest absolute Gasteiger partial charge is 0.225 e. The van der Waals surface area contributed by atoms with Crippen molar-refractivity contribution in [2.45, 2.75) is 26.7 Å². The highest BCUT2D eigenvalue weighted by molar-refractivity contribution is 6.02. The zero-order chi connectivity index (χ0) is 14.6. The van der Waals surface area contributed by atoms with Gasteiger partial charge in [0.05, 0.1) is 0 Å². The van der Waals surface area contributed by atoms with Crippen LogP contribution in [0.5, 0.6) is 0 Å². The van der Waals surface area contributed by atoms with Crippen LogP contribution in [-0.4, -0.2) is 31.2 Å². The Bertz CT molecular complexity index is 484. The van der Waals surface area contributed by atoms with Crippen molar-refractivity contribution >= 4 is 23.8 Å². The molecule has 0 unspecified atom stereocenters. The molecular formula is C13H21N5O. The maximum Gasteiger partial charge on any atom is 0.225 e. The number of pyridine rings is 1. The number of hydrogen-bond acceptors (Lipinski definition) is 5. The van der Waals surface area contributed by atoms with E-state index >= 15 is 0 Å². The van der Waals surface area contributed by atoms with Crippen LogP contribution < -0.4 is 15.8 Å². The third kappa shape index (κ3) is 3.21. The first-order valence-electron chi connectivity index (χ1n) is 6.14. The van der Waals surface area contributed by atoms with E-state index in [1.54, 1.807) is 26.0 Å². The largest absolute Gasteiger partial charge is 0.373 e. The van der Waals surface area contributed by atoms with Gasteiger partial charge in [0.25, 0.3) is 0 Å². The van der Waals surface area contributed by atoms with Gasteiger partial charge in [-0.25, -0.2) is 4.98 Å². The minimum absolute atomic E-state index is 0.258. The molecule has 1 heterocycles. The van der Waals surface area contributed by atoms with E-state index in [1.165, 1.54) is 0 Å². The number of nitrogens with zero attached hydrogens (tertiary/aromatic N) is 2. The molecular weight excluding hydrogens is 242 g/mol. The van der Waals surface area contributed by atoms with Crippen molar-refractivity contribution in [3.8, 4) is 0 Å². The first-order chi connectivity index (χ1) is 8.92. The minimum atomic E-state index is 0.258. The summed E-state index contributed by atoms with van der Waals surface area (Å²) in [6.45, 7) is 5.88. The molecule has 0 aliphatic rings. The molecule has 0 saturated heterocycles. The topological polar surface area (TPSA) is 81.1 Å². The van der Waals surface area contributed by atoms with Crippen molar-refractivity contribution in [2.24, 2.45) is 0 Å². The van der Waals surface area contributed by atoms with E-state index in [2.05, 4.69) is 29.6 Å². The summed E-state index contributed by atoms with van der Waals surface area (Å²) in [6, 6.07) is 1.90. The van der Waals surface area contributed by atoms with Gasteiger partial charge in [-0.15, -0.1) is 0 Å². The molecule has 0 saturated carbocycles. The van der Waals surface area contributed by atoms with Crippen LogP contribution in [0.15, 0.2) is 6.07 Å². The van der Waals surface area contributed by atoms with Gasteiger partial charge < -0.3 is 10.7 Å². The Labute approximate surface area is 113 Å². The molecule has 1 aromatic heterocycles. The van der Waals surface area contributed by atoms with Crippen LogP contribution in [-0.2, 0) is 4.79 Å². The van der Waals surface area contributed by atoms with Crippen LogP contribution in [0.4, 0.5) is 11.6 Å². The predicted octanol–water partition coefficient (Wildman–Crippen LogP) is 1.73. The Morgan fingerprint density at radius 1 is 1.53 bits per heavy atom. The van der Waals surface area contributed by atoms with Crippen LogP contribution in [0.1, 0.15) is 37.8 Å². The van der Waals surface area contributed by atoms with Gasteiger partial charge in [0, 0.05) is 25.4 Å². The van der Waals surface area contributed by atoms with Gasteiger partial charge in [0.1, 0.15) is 11.6 Å². The van der Waals surface area contributed by atoms with Crippen LogP contribution in [0.25, 0.3) is 0 Å². The van der Waals surface area contributed by atoms with Crippen molar-refractivity contribution in [1.29, 1.82) is 5.41 Å². The summed E-state index contributed by atoms with van der Waals surface area (Å²) in [5.74, 6) is 1.53. The number of hydrazine groups is 1. The fourth-order valence-corrected chi connectivity index (χ4v) is 1.90. The van der Waals surface area contributed by atoms with E-state index in [0.717, 1.165) is 11.1 Å². The van der Waals surface area contributed by atoms with Crippen LogP contribution in [0, 0.1) is 5.41 Å². The maximum atomic E-state index is 10.5. The molecule has 0 aliphatic heterocycles. The molecule has 19 heavy (non-hydrogen) atoms. The average molecular weight is 263 g/mol. The lowest BCUT2D eigenvalue weighted by atomic mass is 9.95. The van der Waals surface area contributed by atoms with Gasteiger partial charge in [0.15, 0.2) is 0 Å². The van der Waals surface area contributed by atoms with Gasteiger partial charge in [-0.05, 0) is 24.5 Å². The SMILES string of the molecule is CNc1nc(N(C)NC=O)cc(C(C)C)c1C(C)=N. The summed E-state index contributed by atoms with van der Waals surface area (Å²) < 4.78 is 0. The normalized spacial score (nSPS) is 10.2. The number of amides is 1. The van der Waals surface area contributed by atoms with E-state index < -0.39 is 0 Å². The highest BCUT2D eigenvalue weighted by atomic mass is 16.1. The Hall–Kier alpha value is -2.11. The van der Waals surface area contributed by atoms with Gasteiger partial charge in [-0.3, -0.25) is 15.2 Å². The summed E-state index contributed by atoms with van der Waals surface area (Å²) in [5, 5.41) is 12.5. The van der Waals surface area contributed by atoms with Gasteiger partial charge in [-0.2, -0.15) is 0 Å². The second kappa shape index (κ2) is 6.17. The highest BCUT2D eigenvalue weighted by Gasteiger charge is 2.17. The van der Waals surface area contributed by atoms with Crippen molar-refractivity contribution in [2.75, 3.05) is 24.4 Å². The highest BCUT2D eigenvalue weighted by Crippen LogP contribution is 2.28. The molecule has 0 aliphatic carbocycles. The molecule has 0 atom stereocenters. The number of anilines is 2. The molecule has 0 spiro atoms. The van der Waals surface area contributed by atoms with Crippen molar-refractivity contribution in [3.05, 3.63) is 17.2 Å². The second-order valence-electron chi connectivity index (χ2n) is 4.63. The van der Waals surface area contributed by atoms with Gasteiger partial charge in [-0.1, -0.05) is 13.8 Å². The lowest BCUT2D eigenvalue weighted by Crippen LogP contribution is -2.34. The molecule has 1 rings (SSSR count). The molecule has 0 radical (unpaired) electrons. The molecule has 104 valence electrons. The lowest BCUT2D eigenvalue weighted by molar-refractivity contribution is -0.109. The summed E-state index contributed by atoms with van der Waals surface area (Å²) in [5.41, 5.74) is 4.86. The number of carbonyl (C=O) groups excluding carboxylic acids is 1. The first kappa shape index (κ1) is 14.9. The van der Waals surface area contributed by atoms with Gasteiger partial charge >= 0.3 is 0 Å². The van der Waals surface area contributed by atoms with Crippen molar-refractivity contribution in [3.63, 3.8) is 0 Å². The van der Waals surface area contributed by atoms with Crippen molar-refractivity contribution < 1.29 is 4.79 Å².